The fourth-order valence-corrected chi connectivity index (χ4v) is 2.02. The number of anilines is 2. The highest BCUT2D eigenvalue weighted by atomic mass is 127. The van der Waals surface area contributed by atoms with Crippen molar-refractivity contribution in [2.45, 2.75) is 6.92 Å². The van der Waals surface area contributed by atoms with Gasteiger partial charge in [0.15, 0.2) is 0 Å². The van der Waals surface area contributed by atoms with Gasteiger partial charge in [0.05, 0.1) is 0 Å². The Hall–Kier alpha value is -0.690. The average Bonchev–Trinajstić information content (AvgIpc) is 2.25. The van der Waals surface area contributed by atoms with E-state index in [-0.39, 0.29) is 0 Å². The van der Waals surface area contributed by atoms with Crippen LogP contribution in [-0.4, -0.2) is 9.97 Å². The van der Waals surface area contributed by atoms with Crippen LogP contribution in [0.5, 0.6) is 0 Å². The maximum Gasteiger partial charge on any atom is 0.227 e. The van der Waals surface area contributed by atoms with Crippen molar-refractivity contribution in [3.63, 3.8) is 0 Å². The van der Waals surface area contributed by atoms with Crippen LogP contribution >= 0.6 is 38.5 Å². The summed E-state index contributed by atoms with van der Waals surface area (Å²) in [4.78, 5) is 8.39. The molecule has 82 valence electrons. The van der Waals surface area contributed by atoms with E-state index in [2.05, 4.69) is 59.9 Å². The molecule has 1 aromatic carbocycles. The number of nitrogens with one attached hydrogen (secondary N) is 1. The Morgan fingerprint density at radius 3 is 2.56 bits per heavy atom. The Morgan fingerprint density at radius 1 is 1.25 bits per heavy atom. The third kappa shape index (κ3) is 2.91. The second-order valence-corrected chi connectivity index (χ2v) is 5.47. The summed E-state index contributed by atoms with van der Waals surface area (Å²) in [6, 6.07) is 6.04. The van der Waals surface area contributed by atoms with Gasteiger partial charge in [0.25, 0.3) is 0 Å². The van der Waals surface area contributed by atoms with Crippen molar-refractivity contribution >= 4 is 50.2 Å². The molecule has 0 bridgehead atoms. The summed E-state index contributed by atoms with van der Waals surface area (Å²) >= 11 is 5.61. The lowest BCUT2D eigenvalue weighted by molar-refractivity contribution is 1.15. The molecule has 16 heavy (non-hydrogen) atoms. The van der Waals surface area contributed by atoms with Crippen LogP contribution in [0.4, 0.5) is 11.6 Å². The normalized spacial score (nSPS) is 10.2. The highest BCUT2D eigenvalue weighted by Crippen LogP contribution is 2.22. The Kier molecular flexibility index (Phi) is 3.75. The molecule has 1 N–H and O–H groups in total. The Morgan fingerprint density at radius 2 is 1.94 bits per heavy atom. The summed E-state index contributed by atoms with van der Waals surface area (Å²) in [6.45, 7) is 2.04. The summed E-state index contributed by atoms with van der Waals surface area (Å²) in [5.74, 6) is 0.617. The molecular formula is C11H9BrIN3. The third-order valence-electron chi connectivity index (χ3n) is 2.06. The van der Waals surface area contributed by atoms with E-state index in [9.17, 15) is 0 Å². The third-order valence-corrected chi connectivity index (χ3v) is 3.11. The Balaban J connectivity index is 2.23. The molecule has 1 heterocycles. The molecule has 1 aromatic heterocycles. The molecule has 0 amide bonds. The van der Waals surface area contributed by atoms with Crippen molar-refractivity contribution in [2.24, 2.45) is 0 Å². The van der Waals surface area contributed by atoms with Crippen LogP contribution in [-0.2, 0) is 0 Å². The van der Waals surface area contributed by atoms with Gasteiger partial charge in [-0.2, -0.15) is 0 Å². The van der Waals surface area contributed by atoms with Gasteiger partial charge in [-0.05, 0) is 53.3 Å². The van der Waals surface area contributed by atoms with Crippen LogP contribution in [0.25, 0.3) is 0 Å². The molecule has 0 aliphatic rings. The van der Waals surface area contributed by atoms with Gasteiger partial charge < -0.3 is 5.32 Å². The van der Waals surface area contributed by atoms with Crippen LogP contribution in [0.1, 0.15) is 5.56 Å². The minimum Gasteiger partial charge on any atom is -0.324 e. The van der Waals surface area contributed by atoms with Crippen LogP contribution in [0, 0.1) is 10.5 Å². The smallest absolute Gasteiger partial charge is 0.227 e. The minimum absolute atomic E-state index is 0.617. The molecule has 0 atom stereocenters. The average molecular weight is 390 g/mol. The monoisotopic (exact) mass is 389 g/mol. The van der Waals surface area contributed by atoms with E-state index in [1.807, 2.05) is 19.1 Å². The number of hydrogen-bond acceptors (Lipinski definition) is 3. The van der Waals surface area contributed by atoms with Crippen molar-refractivity contribution in [3.05, 3.63) is 44.2 Å². The largest absolute Gasteiger partial charge is 0.324 e. The van der Waals surface area contributed by atoms with Crippen LogP contribution in [0.15, 0.2) is 35.1 Å². The SMILES string of the molecule is Cc1cc(Br)ccc1Nc1ncc(I)cn1. The molecule has 0 spiro atoms. The summed E-state index contributed by atoms with van der Waals surface area (Å²) in [5, 5.41) is 3.18. The fourth-order valence-electron chi connectivity index (χ4n) is 1.26. The predicted molar refractivity (Wildman–Crippen MR) is 76.9 cm³/mol. The number of aryl methyl sites for hydroxylation is 1. The topological polar surface area (TPSA) is 37.8 Å². The lowest BCUT2D eigenvalue weighted by atomic mass is 10.2. The van der Waals surface area contributed by atoms with Gasteiger partial charge in [-0.15, -0.1) is 0 Å². The second-order valence-electron chi connectivity index (χ2n) is 3.31. The van der Waals surface area contributed by atoms with Gasteiger partial charge in [0, 0.05) is 26.1 Å². The Bertz CT molecular complexity index is 499. The molecule has 0 aliphatic carbocycles. The van der Waals surface area contributed by atoms with E-state index in [0.29, 0.717) is 5.95 Å². The van der Waals surface area contributed by atoms with Crippen molar-refractivity contribution in [1.82, 2.24) is 9.97 Å². The number of nitrogens with zero attached hydrogens (tertiary/aromatic N) is 2. The molecule has 0 radical (unpaired) electrons. The number of halogens is 2. The summed E-state index contributed by atoms with van der Waals surface area (Å²) in [5.41, 5.74) is 2.17. The van der Waals surface area contributed by atoms with Gasteiger partial charge in [0.1, 0.15) is 0 Å². The molecule has 0 saturated carbocycles. The van der Waals surface area contributed by atoms with E-state index in [0.717, 1.165) is 19.3 Å². The van der Waals surface area contributed by atoms with Crippen LogP contribution in [0.2, 0.25) is 0 Å². The maximum atomic E-state index is 4.20. The van der Waals surface area contributed by atoms with Crippen molar-refractivity contribution < 1.29 is 0 Å². The number of hydrogen-bond donors (Lipinski definition) is 1. The second kappa shape index (κ2) is 5.09. The first-order valence-electron chi connectivity index (χ1n) is 4.66. The highest BCUT2D eigenvalue weighted by Gasteiger charge is 2.01. The molecule has 0 saturated heterocycles. The first-order valence-corrected chi connectivity index (χ1v) is 6.53. The predicted octanol–water partition coefficient (Wildman–Crippen LogP) is 3.90. The number of aromatic nitrogens is 2. The highest BCUT2D eigenvalue weighted by molar-refractivity contribution is 14.1. The van der Waals surface area contributed by atoms with E-state index in [1.54, 1.807) is 12.4 Å². The maximum absolute atomic E-state index is 4.20. The van der Waals surface area contributed by atoms with Crippen molar-refractivity contribution in [3.8, 4) is 0 Å². The Labute approximate surface area is 116 Å². The molecule has 2 rings (SSSR count). The van der Waals surface area contributed by atoms with Crippen molar-refractivity contribution in [2.75, 3.05) is 5.32 Å². The lowest BCUT2D eigenvalue weighted by Gasteiger charge is -2.07. The standard InChI is InChI=1S/C11H9BrIN3/c1-7-4-8(12)2-3-10(7)16-11-14-5-9(13)6-15-11/h2-6H,1H3,(H,14,15,16). The van der Waals surface area contributed by atoms with Crippen molar-refractivity contribution in [1.29, 1.82) is 0 Å². The van der Waals surface area contributed by atoms with E-state index in [4.69, 9.17) is 0 Å². The number of benzene rings is 1. The zero-order valence-corrected chi connectivity index (χ0v) is 12.3. The summed E-state index contributed by atoms with van der Waals surface area (Å²) in [7, 11) is 0. The molecule has 3 nitrogen and oxygen atoms in total. The van der Waals surface area contributed by atoms with Crippen LogP contribution in [0.3, 0.4) is 0 Å². The molecule has 5 heteroatoms. The minimum atomic E-state index is 0.617. The molecule has 2 aromatic rings. The zero-order valence-electron chi connectivity index (χ0n) is 8.54. The molecule has 0 aliphatic heterocycles. The number of rotatable bonds is 2. The summed E-state index contributed by atoms with van der Waals surface area (Å²) in [6.07, 6.45) is 3.56. The quantitative estimate of drug-likeness (QED) is 0.791. The molecular weight excluding hydrogens is 381 g/mol. The van der Waals surface area contributed by atoms with Gasteiger partial charge in [-0.1, -0.05) is 15.9 Å². The van der Waals surface area contributed by atoms with Gasteiger partial charge in [-0.3, -0.25) is 0 Å². The van der Waals surface area contributed by atoms with E-state index < -0.39 is 0 Å². The first-order chi connectivity index (χ1) is 7.65. The van der Waals surface area contributed by atoms with Gasteiger partial charge in [-0.25, -0.2) is 9.97 Å². The van der Waals surface area contributed by atoms with E-state index >= 15 is 0 Å². The van der Waals surface area contributed by atoms with Gasteiger partial charge in [0.2, 0.25) is 5.95 Å². The molecule has 0 fully saturated rings. The van der Waals surface area contributed by atoms with Crippen LogP contribution < -0.4 is 5.32 Å². The fraction of sp³-hybridized carbons (Fsp3) is 0.0909. The van der Waals surface area contributed by atoms with E-state index in [1.165, 1.54) is 0 Å². The van der Waals surface area contributed by atoms with Gasteiger partial charge >= 0.3 is 0 Å². The molecule has 0 unspecified atom stereocenters. The zero-order chi connectivity index (χ0) is 11.5. The first kappa shape index (κ1) is 11.8. The lowest BCUT2D eigenvalue weighted by Crippen LogP contribution is -1.98. The summed E-state index contributed by atoms with van der Waals surface area (Å²) < 4.78 is 2.09.